The summed E-state index contributed by atoms with van der Waals surface area (Å²) in [5.74, 6) is -1.21. The fourth-order valence-electron chi connectivity index (χ4n) is 4.56. The van der Waals surface area contributed by atoms with Gasteiger partial charge >= 0.3 is 5.97 Å². The maximum Gasteiger partial charge on any atom is 0.338 e. The second-order valence-corrected chi connectivity index (χ2v) is 9.36. The third kappa shape index (κ3) is 6.43. The fourth-order valence-corrected chi connectivity index (χ4v) is 4.84. The van der Waals surface area contributed by atoms with E-state index in [4.69, 9.17) is 21.7 Å². The zero-order valence-electron chi connectivity index (χ0n) is 21.7. The number of benzene rings is 2. The number of hydrogen-bond acceptors (Lipinski definition) is 11. The van der Waals surface area contributed by atoms with Crippen LogP contribution in [0.15, 0.2) is 36.4 Å². The van der Waals surface area contributed by atoms with Crippen LogP contribution in [-0.4, -0.2) is 90.8 Å². The van der Waals surface area contributed by atoms with Gasteiger partial charge in [0.2, 0.25) is 0 Å². The van der Waals surface area contributed by atoms with Crippen LogP contribution in [0.5, 0.6) is 0 Å². The number of carbonyl (C=O) groups excluding carboxylic acids is 2. The van der Waals surface area contributed by atoms with Gasteiger partial charge < -0.3 is 24.2 Å². The second-order valence-electron chi connectivity index (χ2n) is 8.97. The highest BCUT2D eigenvalue weighted by Gasteiger charge is 2.28. The van der Waals surface area contributed by atoms with Crippen molar-refractivity contribution >= 4 is 52.0 Å². The average molecular weight is 573 g/mol. The standard InChI is InChI=1S/C25H28N6O8S/c1-2-39-24(33)18-4-6-19(22(16-18)31(36)37)27-7-9-29(10-8-27)25(40)26-23(32)17-3-5-20(21(15-17)30(34)35)28-11-13-38-14-12-28/h3-6,15-16H,2,7-14H2,1H3,(H,26,32,40). The number of ether oxygens (including phenoxy) is 2. The first-order valence-corrected chi connectivity index (χ1v) is 13.0. The maximum absolute atomic E-state index is 12.9. The zero-order chi connectivity index (χ0) is 28.8. The molecule has 0 aromatic heterocycles. The SMILES string of the molecule is CCOC(=O)c1ccc(N2CCN(C(=S)NC(=O)c3ccc(N4CCOCC4)c([N+](=O)[O-])c3)CC2)c([N+](=O)[O-])c1. The van der Waals surface area contributed by atoms with Crippen molar-refractivity contribution in [3.05, 3.63) is 67.8 Å². The number of nitro groups is 2. The molecule has 0 spiro atoms. The monoisotopic (exact) mass is 572 g/mol. The van der Waals surface area contributed by atoms with Gasteiger partial charge in [0.25, 0.3) is 17.3 Å². The number of carbonyl (C=O) groups is 2. The average Bonchev–Trinajstić information content (AvgIpc) is 2.97. The number of morpholine rings is 1. The molecule has 2 heterocycles. The number of anilines is 2. The Bertz CT molecular complexity index is 1320. The van der Waals surface area contributed by atoms with E-state index in [9.17, 15) is 29.8 Å². The topological polar surface area (TPSA) is 161 Å². The van der Waals surface area contributed by atoms with Crippen molar-refractivity contribution < 1.29 is 28.9 Å². The summed E-state index contributed by atoms with van der Waals surface area (Å²) in [7, 11) is 0. The highest BCUT2D eigenvalue weighted by atomic mass is 32.1. The van der Waals surface area contributed by atoms with Crippen LogP contribution in [0.4, 0.5) is 22.7 Å². The van der Waals surface area contributed by atoms with Gasteiger partial charge in [0.05, 0.1) is 35.2 Å². The molecule has 15 heteroatoms. The first kappa shape index (κ1) is 28.6. The van der Waals surface area contributed by atoms with Gasteiger partial charge in [0, 0.05) is 57.0 Å². The van der Waals surface area contributed by atoms with Crippen LogP contribution in [0.2, 0.25) is 0 Å². The van der Waals surface area contributed by atoms with Crippen LogP contribution in [0, 0.1) is 20.2 Å². The molecular weight excluding hydrogens is 544 g/mol. The van der Waals surface area contributed by atoms with Crippen LogP contribution in [0.3, 0.4) is 0 Å². The molecule has 2 aromatic carbocycles. The molecule has 0 aliphatic carbocycles. The van der Waals surface area contributed by atoms with E-state index in [1.807, 2.05) is 9.80 Å². The molecule has 0 radical (unpaired) electrons. The number of thiocarbonyl (C=S) groups is 1. The normalized spacial score (nSPS) is 15.4. The molecule has 212 valence electrons. The summed E-state index contributed by atoms with van der Waals surface area (Å²) in [5, 5.41) is 26.2. The van der Waals surface area contributed by atoms with Gasteiger partial charge in [-0.1, -0.05) is 0 Å². The Morgan fingerprint density at radius 2 is 1.43 bits per heavy atom. The van der Waals surface area contributed by atoms with Crippen molar-refractivity contribution in [1.29, 1.82) is 0 Å². The van der Waals surface area contributed by atoms with Gasteiger partial charge in [-0.05, 0) is 43.4 Å². The summed E-state index contributed by atoms with van der Waals surface area (Å²) in [6, 6.07) is 8.52. The van der Waals surface area contributed by atoms with Crippen molar-refractivity contribution in [1.82, 2.24) is 10.2 Å². The molecule has 0 saturated carbocycles. The van der Waals surface area contributed by atoms with Crippen molar-refractivity contribution in [2.45, 2.75) is 6.92 Å². The number of hydrogen-bond donors (Lipinski definition) is 1. The predicted molar refractivity (Wildman–Crippen MR) is 149 cm³/mol. The lowest BCUT2D eigenvalue weighted by atomic mass is 10.1. The summed E-state index contributed by atoms with van der Waals surface area (Å²) in [4.78, 5) is 52.7. The number of rotatable bonds is 7. The number of nitrogens with one attached hydrogen (secondary N) is 1. The molecule has 4 rings (SSSR count). The Hall–Kier alpha value is -4.37. The summed E-state index contributed by atoms with van der Waals surface area (Å²) in [6.07, 6.45) is 0. The molecule has 2 fully saturated rings. The lowest BCUT2D eigenvalue weighted by molar-refractivity contribution is -0.384. The first-order chi connectivity index (χ1) is 19.2. The summed E-state index contributed by atoms with van der Waals surface area (Å²) >= 11 is 5.42. The van der Waals surface area contributed by atoms with Crippen LogP contribution >= 0.6 is 12.2 Å². The highest BCUT2D eigenvalue weighted by Crippen LogP contribution is 2.31. The van der Waals surface area contributed by atoms with Gasteiger partial charge in [-0.3, -0.25) is 30.3 Å². The van der Waals surface area contributed by atoms with E-state index < -0.39 is 21.7 Å². The Morgan fingerprint density at radius 3 is 1.98 bits per heavy atom. The van der Waals surface area contributed by atoms with Crippen LogP contribution in [0.25, 0.3) is 0 Å². The van der Waals surface area contributed by atoms with E-state index in [0.29, 0.717) is 63.9 Å². The zero-order valence-corrected chi connectivity index (χ0v) is 22.6. The number of nitrogens with zero attached hydrogens (tertiary/aromatic N) is 5. The van der Waals surface area contributed by atoms with Gasteiger partial charge in [-0.15, -0.1) is 0 Å². The molecule has 40 heavy (non-hydrogen) atoms. The Balaban J connectivity index is 1.39. The maximum atomic E-state index is 12.9. The third-order valence-corrected chi connectivity index (χ3v) is 6.96. The molecule has 0 atom stereocenters. The highest BCUT2D eigenvalue weighted by molar-refractivity contribution is 7.80. The van der Waals surface area contributed by atoms with E-state index in [-0.39, 0.29) is 34.2 Å². The molecule has 1 amide bonds. The first-order valence-electron chi connectivity index (χ1n) is 12.6. The van der Waals surface area contributed by atoms with Crippen molar-refractivity contribution in [3.63, 3.8) is 0 Å². The molecule has 0 unspecified atom stereocenters. The van der Waals surface area contributed by atoms with Crippen LogP contribution in [-0.2, 0) is 9.47 Å². The van der Waals surface area contributed by atoms with E-state index in [1.54, 1.807) is 17.9 Å². The minimum absolute atomic E-state index is 0.0954. The van der Waals surface area contributed by atoms with Gasteiger partial charge in [-0.25, -0.2) is 4.79 Å². The molecule has 2 aliphatic rings. The molecule has 2 saturated heterocycles. The van der Waals surface area contributed by atoms with Gasteiger partial charge in [-0.2, -0.15) is 0 Å². The van der Waals surface area contributed by atoms with Crippen molar-refractivity contribution in [2.24, 2.45) is 0 Å². The van der Waals surface area contributed by atoms with Crippen molar-refractivity contribution in [3.8, 4) is 0 Å². The minimum atomic E-state index is -0.635. The lowest BCUT2D eigenvalue weighted by Gasteiger charge is -2.37. The molecule has 1 N–H and O–H groups in total. The smallest absolute Gasteiger partial charge is 0.338 e. The molecule has 2 aliphatic heterocycles. The van der Waals surface area contributed by atoms with Gasteiger partial charge in [0.15, 0.2) is 5.11 Å². The summed E-state index contributed by atoms with van der Waals surface area (Å²) in [6.45, 7) is 5.24. The summed E-state index contributed by atoms with van der Waals surface area (Å²) < 4.78 is 10.2. The Morgan fingerprint density at radius 1 is 0.900 bits per heavy atom. The Labute approximate surface area is 234 Å². The van der Waals surface area contributed by atoms with E-state index in [1.165, 1.54) is 30.3 Å². The number of nitro benzene ring substituents is 2. The quantitative estimate of drug-likeness (QED) is 0.224. The molecule has 14 nitrogen and oxygen atoms in total. The predicted octanol–water partition coefficient (Wildman–Crippen LogP) is 2.35. The third-order valence-electron chi connectivity index (χ3n) is 6.60. The van der Waals surface area contributed by atoms with Crippen LogP contribution < -0.4 is 15.1 Å². The number of piperazine rings is 1. The fraction of sp³-hybridized carbons (Fsp3) is 0.400. The van der Waals surface area contributed by atoms with E-state index in [0.717, 1.165) is 0 Å². The molecule has 0 bridgehead atoms. The second kappa shape index (κ2) is 12.7. The largest absolute Gasteiger partial charge is 0.462 e. The van der Waals surface area contributed by atoms with Crippen molar-refractivity contribution in [2.75, 3.05) is 68.9 Å². The summed E-state index contributed by atoms with van der Waals surface area (Å²) in [5.41, 5.74) is 0.593. The minimum Gasteiger partial charge on any atom is -0.462 e. The lowest BCUT2D eigenvalue weighted by Crippen LogP contribution is -2.52. The Kier molecular flexibility index (Phi) is 9.06. The van der Waals surface area contributed by atoms with E-state index >= 15 is 0 Å². The van der Waals surface area contributed by atoms with Gasteiger partial charge in [0.1, 0.15) is 11.4 Å². The number of esters is 1. The number of amides is 1. The molecule has 2 aromatic rings. The van der Waals surface area contributed by atoms with E-state index in [2.05, 4.69) is 5.32 Å². The van der Waals surface area contributed by atoms with Crippen LogP contribution in [0.1, 0.15) is 27.6 Å². The molecular formula is C25H28N6O8S.